The average molecular weight is 315 g/mol. The van der Waals surface area contributed by atoms with Crippen molar-refractivity contribution in [3.8, 4) is 5.75 Å². The number of amides is 2. The van der Waals surface area contributed by atoms with Crippen LogP contribution in [0.1, 0.15) is 12.2 Å². The summed E-state index contributed by atoms with van der Waals surface area (Å²) in [4.78, 5) is 24.3. The molecule has 2 aromatic rings. The largest absolute Gasteiger partial charge is 0.495 e. The van der Waals surface area contributed by atoms with Crippen LogP contribution in [0.3, 0.4) is 0 Å². The van der Waals surface area contributed by atoms with Crippen LogP contribution in [0.25, 0.3) is 0 Å². The van der Waals surface area contributed by atoms with Crippen LogP contribution in [0, 0.1) is 18.8 Å². The number of nitrogens with one attached hydrogen (secondary N) is 2. The fourth-order valence-electron chi connectivity index (χ4n) is 2.39. The first kappa shape index (κ1) is 15.1. The van der Waals surface area contributed by atoms with Gasteiger partial charge in [0.1, 0.15) is 11.5 Å². The van der Waals surface area contributed by atoms with E-state index in [1.165, 1.54) is 7.11 Å². The van der Waals surface area contributed by atoms with E-state index in [0.717, 1.165) is 0 Å². The van der Waals surface area contributed by atoms with Gasteiger partial charge in [0.05, 0.1) is 24.6 Å². The van der Waals surface area contributed by atoms with Crippen molar-refractivity contribution >= 4 is 23.3 Å². The maximum absolute atomic E-state index is 12.2. The number of nitrogens with zero attached hydrogens (tertiary/aromatic N) is 1. The number of rotatable bonds is 5. The van der Waals surface area contributed by atoms with Crippen molar-refractivity contribution in [1.29, 1.82) is 0 Å². The Bertz CT molecular complexity index is 740. The number of methoxy groups -OCH3 is 1. The molecule has 0 saturated heterocycles. The molecule has 1 aliphatic carbocycles. The van der Waals surface area contributed by atoms with E-state index < -0.39 is 0 Å². The van der Waals surface area contributed by atoms with Crippen LogP contribution in [0.5, 0.6) is 5.75 Å². The third-order valence-corrected chi connectivity index (χ3v) is 3.71. The first-order valence-electron chi connectivity index (χ1n) is 7.26. The molecule has 2 amide bonds. The summed E-state index contributed by atoms with van der Waals surface area (Å²) in [7, 11) is 1.54. The van der Waals surface area contributed by atoms with Gasteiger partial charge in [0.2, 0.25) is 11.8 Å². The second-order valence-electron chi connectivity index (χ2n) is 5.45. The lowest BCUT2D eigenvalue weighted by molar-refractivity contribution is -0.122. The van der Waals surface area contributed by atoms with Gasteiger partial charge in [-0.05, 0) is 25.5 Å². The van der Waals surface area contributed by atoms with E-state index in [9.17, 15) is 9.59 Å². The molecule has 3 rings (SSSR count). The first-order valence-corrected chi connectivity index (χ1v) is 7.26. The molecule has 0 radical (unpaired) electrons. The van der Waals surface area contributed by atoms with E-state index in [0.29, 0.717) is 29.4 Å². The van der Waals surface area contributed by atoms with Gasteiger partial charge in [0.15, 0.2) is 5.82 Å². The lowest BCUT2D eigenvalue weighted by Gasteiger charge is -2.09. The van der Waals surface area contributed by atoms with Crippen molar-refractivity contribution in [3.05, 3.63) is 36.1 Å². The molecule has 0 spiro atoms. The quantitative estimate of drug-likeness (QED) is 0.882. The SMILES string of the molecule is COc1ccccc1NC(=O)C1CC1C(=O)Nc1cc(C)on1. The Kier molecular flexibility index (Phi) is 4.01. The maximum Gasteiger partial charge on any atom is 0.229 e. The molecule has 0 bridgehead atoms. The molecule has 1 aliphatic rings. The maximum atomic E-state index is 12.2. The van der Waals surface area contributed by atoms with E-state index in [1.807, 2.05) is 12.1 Å². The minimum Gasteiger partial charge on any atom is -0.495 e. The van der Waals surface area contributed by atoms with Crippen LogP contribution >= 0.6 is 0 Å². The van der Waals surface area contributed by atoms with Crippen molar-refractivity contribution in [1.82, 2.24) is 5.16 Å². The molecule has 7 nitrogen and oxygen atoms in total. The molecule has 1 saturated carbocycles. The van der Waals surface area contributed by atoms with Gasteiger partial charge in [-0.25, -0.2) is 0 Å². The summed E-state index contributed by atoms with van der Waals surface area (Å²) in [6.45, 7) is 1.74. The monoisotopic (exact) mass is 315 g/mol. The third kappa shape index (κ3) is 3.33. The number of para-hydroxylation sites is 2. The van der Waals surface area contributed by atoms with Crippen LogP contribution < -0.4 is 15.4 Å². The molecule has 1 heterocycles. The summed E-state index contributed by atoms with van der Waals surface area (Å²) in [5.41, 5.74) is 0.596. The number of hydrogen-bond acceptors (Lipinski definition) is 5. The highest BCUT2D eigenvalue weighted by atomic mass is 16.5. The highest BCUT2D eigenvalue weighted by Crippen LogP contribution is 2.40. The van der Waals surface area contributed by atoms with Gasteiger partial charge in [-0.2, -0.15) is 0 Å². The number of hydrogen-bond donors (Lipinski definition) is 2. The molecule has 120 valence electrons. The van der Waals surface area contributed by atoms with Crippen molar-refractivity contribution < 1.29 is 18.8 Å². The van der Waals surface area contributed by atoms with Gasteiger partial charge in [0.25, 0.3) is 0 Å². The lowest BCUT2D eigenvalue weighted by Crippen LogP contribution is -2.20. The minimum atomic E-state index is -0.346. The van der Waals surface area contributed by atoms with Crippen LogP contribution in [0.15, 0.2) is 34.9 Å². The van der Waals surface area contributed by atoms with E-state index in [1.54, 1.807) is 25.1 Å². The van der Waals surface area contributed by atoms with Gasteiger partial charge < -0.3 is 19.9 Å². The fourth-order valence-corrected chi connectivity index (χ4v) is 2.39. The zero-order valence-electron chi connectivity index (χ0n) is 12.8. The number of aromatic nitrogens is 1. The normalized spacial score (nSPS) is 19.0. The molecule has 0 aliphatic heterocycles. The minimum absolute atomic E-state index is 0.189. The van der Waals surface area contributed by atoms with Gasteiger partial charge in [-0.3, -0.25) is 9.59 Å². The molecule has 1 fully saturated rings. The van der Waals surface area contributed by atoms with Crippen LogP contribution in [0.2, 0.25) is 0 Å². The second kappa shape index (κ2) is 6.12. The van der Waals surface area contributed by atoms with Gasteiger partial charge in [-0.1, -0.05) is 17.3 Å². The van der Waals surface area contributed by atoms with Crippen molar-refractivity contribution in [3.63, 3.8) is 0 Å². The molecule has 2 N–H and O–H groups in total. The predicted octanol–water partition coefficient (Wildman–Crippen LogP) is 2.20. The standard InChI is InChI=1S/C16H17N3O4/c1-9-7-14(19-23-9)18-16(21)11-8-10(11)15(20)17-12-5-3-4-6-13(12)22-2/h3-7,10-11H,8H2,1-2H3,(H,17,20)(H,18,19,21). The van der Waals surface area contributed by atoms with E-state index >= 15 is 0 Å². The molecule has 2 atom stereocenters. The Morgan fingerprint density at radius 1 is 1.22 bits per heavy atom. The number of ether oxygens (including phenoxy) is 1. The highest BCUT2D eigenvalue weighted by molar-refractivity contribution is 6.03. The van der Waals surface area contributed by atoms with Crippen LogP contribution in [-0.2, 0) is 9.59 Å². The number of aryl methyl sites for hydroxylation is 1. The molecular formula is C16H17N3O4. The summed E-state index contributed by atoms with van der Waals surface area (Å²) < 4.78 is 10.1. The molecular weight excluding hydrogens is 298 g/mol. The summed E-state index contributed by atoms with van der Waals surface area (Å²) in [5, 5.41) is 9.15. The van der Waals surface area contributed by atoms with Gasteiger partial charge in [-0.15, -0.1) is 0 Å². The average Bonchev–Trinajstić information content (AvgIpc) is 3.25. The van der Waals surface area contributed by atoms with Gasteiger partial charge in [0, 0.05) is 6.07 Å². The Morgan fingerprint density at radius 2 is 1.91 bits per heavy atom. The Balaban J connectivity index is 1.57. The Labute approximate surface area is 133 Å². The fraction of sp³-hybridized carbons (Fsp3) is 0.312. The number of benzene rings is 1. The molecule has 1 aromatic carbocycles. The molecule has 2 unspecified atom stereocenters. The predicted molar refractivity (Wildman–Crippen MR) is 83.1 cm³/mol. The Hall–Kier alpha value is -2.83. The summed E-state index contributed by atoms with van der Waals surface area (Å²) in [6, 6.07) is 8.78. The van der Waals surface area contributed by atoms with E-state index in [2.05, 4.69) is 15.8 Å². The number of carbonyl (C=O) groups is 2. The lowest BCUT2D eigenvalue weighted by atomic mass is 10.2. The number of anilines is 2. The van der Waals surface area contributed by atoms with Crippen molar-refractivity contribution in [2.24, 2.45) is 11.8 Å². The second-order valence-corrected chi connectivity index (χ2v) is 5.45. The third-order valence-electron chi connectivity index (χ3n) is 3.71. The molecule has 23 heavy (non-hydrogen) atoms. The van der Waals surface area contributed by atoms with Gasteiger partial charge >= 0.3 is 0 Å². The van der Waals surface area contributed by atoms with Crippen LogP contribution in [-0.4, -0.2) is 24.1 Å². The van der Waals surface area contributed by atoms with E-state index in [-0.39, 0.29) is 23.7 Å². The number of carbonyl (C=O) groups excluding carboxylic acids is 2. The van der Waals surface area contributed by atoms with Crippen LogP contribution in [0.4, 0.5) is 11.5 Å². The van der Waals surface area contributed by atoms with E-state index in [4.69, 9.17) is 9.26 Å². The summed E-state index contributed by atoms with van der Waals surface area (Å²) in [6.07, 6.45) is 0.518. The smallest absolute Gasteiger partial charge is 0.229 e. The summed E-state index contributed by atoms with van der Waals surface area (Å²) in [5.74, 6) is 0.463. The Morgan fingerprint density at radius 3 is 2.57 bits per heavy atom. The first-order chi connectivity index (χ1) is 11.1. The highest BCUT2D eigenvalue weighted by Gasteiger charge is 2.48. The summed E-state index contributed by atoms with van der Waals surface area (Å²) >= 11 is 0. The zero-order chi connectivity index (χ0) is 16.4. The topological polar surface area (TPSA) is 93.5 Å². The zero-order valence-corrected chi connectivity index (χ0v) is 12.8. The molecule has 1 aromatic heterocycles. The van der Waals surface area contributed by atoms with Crippen molar-refractivity contribution in [2.45, 2.75) is 13.3 Å². The molecule has 7 heteroatoms. The van der Waals surface area contributed by atoms with Crippen molar-refractivity contribution in [2.75, 3.05) is 17.7 Å².